The Balaban J connectivity index is 1.24. The Hall–Kier alpha value is -6.38. The number of para-hydroxylation sites is 4. The van der Waals surface area contributed by atoms with Gasteiger partial charge in [-0.15, -0.1) is 0 Å². The molecule has 2 nitrogen and oxygen atoms in total. The van der Waals surface area contributed by atoms with Gasteiger partial charge in [-0.3, -0.25) is 0 Å². The van der Waals surface area contributed by atoms with E-state index in [-0.39, 0.29) is 5.92 Å². The van der Waals surface area contributed by atoms with Gasteiger partial charge in [0.1, 0.15) is 11.2 Å². The Labute approximate surface area is 300 Å². The average Bonchev–Trinajstić information content (AvgIpc) is 3.59. The molecule has 7 aromatic carbocycles. The van der Waals surface area contributed by atoms with E-state index in [1.807, 2.05) is 12.1 Å². The minimum atomic E-state index is 0.290. The van der Waals surface area contributed by atoms with Crippen LogP contribution in [0.2, 0.25) is 0 Å². The van der Waals surface area contributed by atoms with Crippen LogP contribution in [0.5, 0.6) is 0 Å². The van der Waals surface area contributed by atoms with Crippen LogP contribution in [-0.2, 0) is 0 Å². The second-order valence-corrected chi connectivity index (χ2v) is 12.9. The first-order valence-electron chi connectivity index (χ1n) is 17.6. The van der Waals surface area contributed by atoms with Crippen molar-refractivity contribution < 1.29 is 4.42 Å². The summed E-state index contributed by atoms with van der Waals surface area (Å²) in [6.45, 7) is 4.37. The van der Waals surface area contributed by atoms with E-state index in [9.17, 15) is 0 Å². The van der Waals surface area contributed by atoms with E-state index in [0.717, 1.165) is 66.8 Å². The first-order valence-corrected chi connectivity index (χ1v) is 17.6. The van der Waals surface area contributed by atoms with Gasteiger partial charge in [-0.1, -0.05) is 140 Å². The Bertz CT molecular complexity index is 2430. The molecule has 0 aliphatic carbocycles. The van der Waals surface area contributed by atoms with Crippen LogP contribution < -0.4 is 4.90 Å². The van der Waals surface area contributed by atoms with Crippen LogP contribution in [0, 0.1) is 0 Å². The fraction of sp³-hybridized carbons (Fsp3) is 0.0612. The standard InChI is InChI=1S/C49H39NO/c1-3-36(27-26-35(2)37-16-7-4-8-17-37)39-32-40(34-41(33-39)45-23-15-24-47-46-22-13-14-25-48(46)51-49(45)47)38-28-30-44(31-29-38)50(42-18-9-5-10-19-42)43-20-11-6-12-21-43/h3-35H,1-2H3/b27-26-,36-3+. The molecule has 0 bridgehead atoms. The van der Waals surface area contributed by atoms with Gasteiger partial charge in [0.05, 0.1) is 0 Å². The Morgan fingerprint density at radius 1 is 0.549 bits per heavy atom. The van der Waals surface area contributed by atoms with Crippen molar-refractivity contribution >= 4 is 44.6 Å². The molecular weight excluding hydrogens is 619 g/mol. The van der Waals surface area contributed by atoms with Crippen molar-refractivity contribution in [3.05, 3.63) is 205 Å². The molecule has 0 radical (unpaired) electrons. The van der Waals surface area contributed by atoms with Crippen molar-refractivity contribution in [1.29, 1.82) is 0 Å². The maximum Gasteiger partial charge on any atom is 0.143 e. The molecule has 2 heteroatoms. The number of rotatable bonds is 9. The van der Waals surface area contributed by atoms with Gasteiger partial charge in [0.15, 0.2) is 0 Å². The molecule has 0 saturated carbocycles. The number of hydrogen-bond acceptors (Lipinski definition) is 2. The highest BCUT2D eigenvalue weighted by molar-refractivity contribution is 6.09. The molecule has 8 rings (SSSR count). The zero-order chi connectivity index (χ0) is 34.6. The molecule has 0 amide bonds. The van der Waals surface area contributed by atoms with E-state index in [1.54, 1.807) is 0 Å². The summed E-state index contributed by atoms with van der Waals surface area (Å²) >= 11 is 0. The number of benzene rings is 7. The first kappa shape index (κ1) is 31.9. The molecule has 0 spiro atoms. The average molecular weight is 658 g/mol. The molecule has 0 saturated heterocycles. The van der Waals surface area contributed by atoms with Gasteiger partial charge >= 0.3 is 0 Å². The summed E-state index contributed by atoms with van der Waals surface area (Å²) in [5.41, 5.74) is 13.3. The lowest BCUT2D eigenvalue weighted by molar-refractivity contribution is 0.670. The zero-order valence-electron chi connectivity index (χ0n) is 28.9. The molecule has 1 unspecified atom stereocenters. The smallest absolute Gasteiger partial charge is 0.143 e. The molecule has 0 N–H and O–H groups in total. The van der Waals surface area contributed by atoms with Gasteiger partial charge in [-0.25, -0.2) is 0 Å². The monoisotopic (exact) mass is 657 g/mol. The summed E-state index contributed by atoms with van der Waals surface area (Å²) in [6, 6.07) is 62.3. The van der Waals surface area contributed by atoms with E-state index in [1.165, 1.54) is 11.1 Å². The van der Waals surface area contributed by atoms with Gasteiger partial charge in [0.25, 0.3) is 0 Å². The molecule has 0 aliphatic rings. The van der Waals surface area contributed by atoms with Crippen molar-refractivity contribution in [1.82, 2.24) is 0 Å². The second-order valence-electron chi connectivity index (χ2n) is 12.9. The highest BCUT2D eigenvalue weighted by atomic mass is 16.3. The van der Waals surface area contributed by atoms with Crippen molar-refractivity contribution in [3.63, 3.8) is 0 Å². The Morgan fingerprint density at radius 2 is 1.14 bits per heavy atom. The lowest BCUT2D eigenvalue weighted by Crippen LogP contribution is -2.09. The molecule has 1 atom stereocenters. The molecule has 51 heavy (non-hydrogen) atoms. The maximum atomic E-state index is 6.53. The van der Waals surface area contributed by atoms with Crippen molar-refractivity contribution in [2.45, 2.75) is 19.8 Å². The fourth-order valence-corrected chi connectivity index (χ4v) is 6.97. The van der Waals surface area contributed by atoms with Crippen LogP contribution in [0.15, 0.2) is 199 Å². The van der Waals surface area contributed by atoms with Gasteiger partial charge in [0.2, 0.25) is 0 Å². The lowest BCUT2D eigenvalue weighted by atomic mass is 9.91. The highest BCUT2D eigenvalue weighted by Gasteiger charge is 2.16. The van der Waals surface area contributed by atoms with Crippen molar-refractivity contribution in [2.24, 2.45) is 0 Å². The largest absolute Gasteiger partial charge is 0.455 e. The minimum Gasteiger partial charge on any atom is -0.455 e. The van der Waals surface area contributed by atoms with E-state index < -0.39 is 0 Å². The first-order chi connectivity index (χ1) is 25.2. The normalized spacial score (nSPS) is 12.5. The van der Waals surface area contributed by atoms with E-state index in [0.29, 0.717) is 0 Å². The Morgan fingerprint density at radius 3 is 1.82 bits per heavy atom. The quantitative estimate of drug-likeness (QED) is 0.144. The number of anilines is 3. The molecule has 1 aromatic heterocycles. The minimum absolute atomic E-state index is 0.290. The van der Waals surface area contributed by atoms with Gasteiger partial charge < -0.3 is 9.32 Å². The number of hydrogen-bond donors (Lipinski definition) is 0. The number of fused-ring (bicyclic) bond motifs is 3. The Kier molecular flexibility index (Phi) is 8.89. The molecule has 0 aliphatic heterocycles. The van der Waals surface area contributed by atoms with Gasteiger partial charge in [-0.2, -0.15) is 0 Å². The summed E-state index contributed by atoms with van der Waals surface area (Å²) in [4.78, 5) is 2.30. The molecular formula is C49H39NO. The fourth-order valence-electron chi connectivity index (χ4n) is 6.97. The molecule has 8 aromatic rings. The van der Waals surface area contributed by atoms with Crippen LogP contribution in [0.3, 0.4) is 0 Å². The highest BCUT2D eigenvalue weighted by Crippen LogP contribution is 2.40. The lowest BCUT2D eigenvalue weighted by Gasteiger charge is -2.25. The third-order valence-electron chi connectivity index (χ3n) is 9.67. The van der Waals surface area contributed by atoms with E-state index >= 15 is 0 Å². The summed E-state index contributed by atoms with van der Waals surface area (Å²) < 4.78 is 6.53. The summed E-state index contributed by atoms with van der Waals surface area (Å²) in [5, 5.41) is 2.26. The van der Waals surface area contributed by atoms with Crippen molar-refractivity contribution in [2.75, 3.05) is 4.90 Å². The van der Waals surface area contributed by atoms with Gasteiger partial charge in [0, 0.05) is 33.4 Å². The van der Waals surface area contributed by atoms with E-state index in [4.69, 9.17) is 4.42 Å². The van der Waals surface area contributed by atoms with Crippen LogP contribution in [0.4, 0.5) is 17.1 Å². The third kappa shape index (κ3) is 6.52. The zero-order valence-corrected chi connectivity index (χ0v) is 28.9. The van der Waals surface area contributed by atoms with Crippen LogP contribution >= 0.6 is 0 Å². The summed E-state index contributed by atoms with van der Waals surface area (Å²) in [6.07, 6.45) is 6.77. The van der Waals surface area contributed by atoms with Crippen LogP contribution in [-0.4, -0.2) is 0 Å². The second kappa shape index (κ2) is 14.2. The summed E-state index contributed by atoms with van der Waals surface area (Å²) in [7, 11) is 0. The van der Waals surface area contributed by atoms with E-state index in [2.05, 4.69) is 201 Å². The third-order valence-corrected chi connectivity index (χ3v) is 9.67. The predicted octanol–water partition coefficient (Wildman–Crippen LogP) is 14.2. The van der Waals surface area contributed by atoms with Gasteiger partial charge in [-0.05, 0) is 107 Å². The topological polar surface area (TPSA) is 16.4 Å². The van der Waals surface area contributed by atoms with Crippen LogP contribution in [0.1, 0.15) is 30.9 Å². The summed E-state index contributed by atoms with van der Waals surface area (Å²) in [5.74, 6) is 0.290. The maximum absolute atomic E-state index is 6.53. The SMILES string of the molecule is C/C=C(\C=C/C(C)c1ccccc1)c1cc(-c2ccc(N(c3ccccc3)c3ccccc3)cc2)cc(-c2cccc3c2oc2ccccc23)c1. The van der Waals surface area contributed by atoms with Crippen LogP contribution in [0.25, 0.3) is 49.8 Å². The molecule has 246 valence electrons. The van der Waals surface area contributed by atoms with Crippen molar-refractivity contribution in [3.8, 4) is 22.3 Å². The predicted molar refractivity (Wildman–Crippen MR) is 217 cm³/mol. The number of furan rings is 1. The number of allylic oxidation sites excluding steroid dienone is 4. The molecule has 0 fully saturated rings. The number of nitrogens with zero attached hydrogens (tertiary/aromatic N) is 1. The molecule has 1 heterocycles.